The Kier molecular flexibility index (Phi) is 4.85. The van der Waals surface area contributed by atoms with Crippen LogP contribution in [-0.2, 0) is 5.41 Å². The number of benzene rings is 5. The first-order valence-electron chi connectivity index (χ1n) is 11.9. The molecule has 1 nitrogen and oxygen atoms in total. The fourth-order valence-electron chi connectivity index (χ4n) is 5.28. The average molecular weight is 438 g/mol. The van der Waals surface area contributed by atoms with E-state index in [1.54, 1.807) is 0 Å². The van der Waals surface area contributed by atoms with Crippen molar-refractivity contribution in [2.75, 3.05) is 5.32 Å². The molecule has 0 spiro atoms. The van der Waals surface area contributed by atoms with Gasteiger partial charge < -0.3 is 5.32 Å². The first-order valence-corrected chi connectivity index (χ1v) is 11.9. The summed E-state index contributed by atoms with van der Waals surface area (Å²) in [6.45, 7) is 4.68. The van der Waals surface area contributed by atoms with E-state index in [1.165, 1.54) is 44.5 Å². The molecule has 34 heavy (non-hydrogen) atoms. The van der Waals surface area contributed by atoms with E-state index < -0.39 is 0 Å². The van der Waals surface area contributed by atoms with Gasteiger partial charge in [0.05, 0.1) is 0 Å². The van der Waals surface area contributed by atoms with Crippen molar-refractivity contribution in [3.05, 3.63) is 132 Å². The predicted octanol–water partition coefficient (Wildman–Crippen LogP) is 9.07. The van der Waals surface area contributed by atoms with Crippen molar-refractivity contribution in [1.82, 2.24) is 0 Å². The van der Waals surface area contributed by atoms with Gasteiger partial charge in [-0.25, -0.2) is 0 Å². The SMILES string of the molecule is CC1(C)c2ccccc2-c2c(-c3ccccc3)cc(Nc3ccc(-c4ccccc4)cc3)cc21. The Bertz CT molecular complexity index is 1460. The third kappa shape index (κ3) is 3.41. The summed E-state index contributed by atoms with van der Waals surface area (Å²) in [6, 6.07) is 43.4. The van der Waals surface area contributed by atoms with Crippen LogP contribution in [0.4, 0.5) is 11.4 Å². The van der Waals surface area contributed by atoms with E-state index in [1.807, 2.05) is 0 Å². The van der Waals surface area contributed by atoms with Gasteiger partial charge in [0.25, 0.3) is 0 Å². The zero-order chi connectivity index (χ0) is 23.1. The maximum Gasteiger partial charge on any atom is 0.0393 e. The van der Waals surface area contributed by atoms with Crippen LogP contribution in [0.15, 0.2) is 121 Å². The van der Waals surface area contributed by atoms with Crippen molar-refractivity contribution >= 4 is 11.4 Å². The number of rotatable bonds is 4. The fraction of sp³-hybridized carbons (Fsp3) is 0.0909. The summed E-state index contributed by atoms with van der Waals surface area (Å²) in [6.07, 6.45) is 0. The zero-order valence-corrected chi connectivity index (χ0v) is 19.5. The van der Waals surface area contributed by atoms with Crippen LogP contribution in [0.3, 0.4) is 0 Å². The molecule has 0 bridgehead atoms. The normalized spacial score (nSPS) is 13.2. The molecular formula is C33H27N. The second-order valence-corrected chi connectivity index (χ2v) is 9.55. The smallest absolute Gasteiger partial charge is 0.0393 e. The minimum absolute atomic E-state index is 0.0513. The third-order valence-corrected chi connectivity index (χ3v) is 7.05. The second kappa shape index (κ2) is 8.04. The second-order valence-electron chi connectivity index (χ2n) is 9.55. The molecule has 0 aromatic heterocycles. The first kappa shape index (κ1) is 20.5. The van der Waals surface area contributed by atoms with Crippen LogP contribution in [0.1, 0.15) is 25.0 Å². The van der Waals surface area contributed by atoms with E-state index in [0.29, 0.717) is 0 Å². The summed E-state index contributed by atoms with van der Waals surface area (Å²) < 4.78 is 0. The molecule has 1 heteroatoms. The Morgan fingerprint density at radius 3 is 1.76 bits per heavy atom. The number of hydrogen-bond donors (Lipinski definition) is 1. The number of fused-ring (bicyclic) bond motifs is 3. The van der Waals surface area contributed by atoms with Crippen LogP contribution >= 0.6 is 0 Å². The van der Waals surface area contributed by atoms with E-state index in [9.17, 15) is 0 Å². The lowest BCUT2D eigenvalue weighted by Gasteiger charge is -2.23. The average Bonchev–Trinajstić information content (AvgIpc) is 3.12. The Balaban J connectivity index is 1.45. The van der Waals surface area contributed by atoms with Crippen molar-refractivity contribution < 1.29 is 0 Å². The van der Waals surface area contributed by atoms with Gasteiger partial charge in [0.1, 0.15) is 0 Å². The van der Waals surface area contributed by atoms with Crippen LogP contribution in [0.2, 0.25) is 0 Å². The molecular weight excluding hydrogens is 410 g/mol. The van der Waals surface area contributed by atoms with Gasteiger partial charge in [0.2, 0.25) is 0 Å². The van der Waals surface area contributed by atoms with Crippen molar-refractivity contribution in [3.8, 4) is 33.4 Å². The van der Waals surface area contributed by atoms with Gasteiger partial charge in [-0.15, -0.1) is 0 Å². The largest absolute Gasteiger partial charge is 0.355 e. The summed E-state index contributed by atoms with van der Waals surface area (Å²) in [5, 5.41) is 3.69. The highest BCUT2D eigenvalue weighted by atomic mass is 14.9. The summed E-state index contributed by atoms with van der Waals surface area (Å²) in [5.41, 5.74) is 12.6. The predicted molar refractivity (Wildman–Crippen MR) is 145 cm³/mol. The standard InChI is InChI=1S/C33H27N/c1-33(2)30-16-10-9-15-28(30)32-29(25-13-7-4-8-14-25)21-27(22-31(32)33)34-26-19-17-24(18-20-26)23-11-5-3-6-12-23/h3-22,34H,1-2H3. The summed E-state index contributed by atoms with van der Waals surface area (Å²) in [5.74, 6) is 0. The lowest BCUT2D eigenvalue weighted by atomic mass is 9.81. The Morgan fingerprint density at radius 1 is 0.471 bits per heavy atom. The highest BCUT2D eigenvalue weighted by Crippen LogP contribution is 2.53. The molecule has 1 N–H and O–H groups in total. The maximum atomic E-state index is 3.69. The van der Waals surface area contributed by atoms with Crippen LogP contribution in [0.25, 0.3) is 33.4 Å². The van der Waals surface area contributed by atoms with E-state index in [-0.39, 0.29) is 5.41 Å². The monoisotopic (exact) mass is 437 g/mol. The summed E-state index contributed by atoms with van der Waals surface area (Å²) in [7, 11) is 0. The van der Waals surface area contributed by atoms with E-state index in [2.05, 4.69) is 140 Å². The Labute approximate surface area is 201 Å². The van der Waals surface area contributed by atoms with Gasteiger partial charge in [-0.1, -0.05) is 111 Å². The van der Waals surface area contributed by atoms with E-state index in [4.69, 9.17) is 0 Å². The van der Waals surface area contributed by atoms with Crippen LogP contribution < -0.4 is 5.32 Å². The highest BCUT2D eigenvalue weighted by Gasteiger charge is 2.37. The van der Waals surface area contributed by atoms with Gasteiger partial charge in [-0.05, 0) is 68.8 Å². The molecule has 0 atom stereocenters. The molecule has 1 aliphatic rings. The van der Waals surface area contributed by atoms with Gasteiger partial charge in [-0.2, -0.15) is 0 Å². The van der Waals surface area contributed by atoms with Crippen molar-refractivity contribution in [2.45, 2.75) is 19.3 Å². The van der Waals surface area contributed by atoms with E-state index >= 15 is 0 Å². The molecule has 0 amide bonds. The summed E-state index contributed by atoms with van der Waals surface area (Å²) in [4.78, 5) is 0. The molecule has 6 rings (SSSR count). The molecule has 1 aliphatic carbocycles. The first-order chi connectivity index (χ1) is 16.6. The van der Waals surface area contributed by atoms with Crippen molar-refractivity contribution in [3.63, 3.8) is 0 Å². The highest BCUT2D eigenvalue weighted by molar-refractivity contribution is 5.94. The van der Waals surface area contributed by atoms with Crippen molar-refractivity contribution in [2.24, 2.45) is 0 Å². The Hall–Kier alpha value is -4.10. The third-order valence-electron chi connectivity index (χ3n) is 7.05. The number of anilines is 2. The molecule has 0 saturated heterocycles. The molecule has 5 aromatic rings. The lowest BCUT2D eigenvalue weighted by Crippen LogP contribution is -2.15. The molecule has 0 fully saturated rings. The van der Waals surface area contributed by atoms with Crippen LogP contribution in [0, 0.1) is 0 Å². The molecule has 0 unspecified atom stereocenters. The molecule has 0 saturated carbocycles. The topological polar surface area (TPSA) is 12.0 Å². The Morgan fingerprint density at radius 2 is 1.06 bits per heavy atom. The lowest BCUT2D eigenvalue weighted by molar-refractivity contribution is 0.661. The van der Waals surface area contributed by atoms with E-state index in [0.717, 1.165) is 11.4 Å². The molecule has 164 valence electrons. The number of nitrogens with one attached hydrogen (secondary N) is 1. The van der Waals surface area contributed by atoms with Gasteiger partial charge in [0.15, 0.2) is 0 Å². The quantitative estimate of drug-likeness (QED) is 0.296. The molecule has 0 heterocycles. The zero-order valence-electron chi connectivity index (χ0n) is 19.5. The van der Waals surface area contributed by atoms with Crippen LogP contribution in [0.5, 0.6) is 0 Å². The van der Waals surface area contributed by atoms with Gasteiger partial charge in [-0.3, -0.25) is 0 Å². The van der Waals surface area contributed by atoms with Gasteiger partial charge in [0, 0.05) is 16.8 Å². The van der Waals surface area contributed by atoms with Gasteiger partial charge >= 0.3 is 0 Å². The minimum Gasteiger partial charge on any atom is -0.355 e. The van der Waals surface area contributed by atoms with Crippen LogP contribution in [-0.4, -0.2) is 0 Å². The molecule has 0 radical (unpaired) electrons. The summed E-state index contributed by atoms with van der Waals surface area (Å²) >= 11 is 0. The minimum atomic E-state index is -0.0513. The van der Waals surface area contributed by atoms with Crippen molar-refractivity contribution in [1.29, 1.82) is 0 Å². The maximum absolute atomic E-state index is 3.69. The molecule has 0 aliphatic heterocycles. The fourth-order valence-corrected chi connectivity index (χ4v) is 5.28. The number of hydrogen-bond acceptors (Lipinski definition) is 1. The molecule has 5 aromatic carbocycles.